The van der Waals surface area contributed by atoms with Gasteiger partial charge in [-0.2, -0.15) is 0 Å². The first-order valence-corrected chi connectivity index (χ1v) is 7.93. The molecule has 16 heavy (non-hydrogen) atoms. The van der Waals surface area contributed by atoms with Gasteiger partial charge >= 0.3 is 0 Å². The lowest BCUT2D eigenvalue weighted by Crippen LogP contribution is -1.82. The van der Waals surface area contributed by atoms with Crippen molar-refractivity contribution in [3.05, 3.63) is 41.0 Å². The number of rotatable bonds is 6. The Morgan fingerprint density at radius 3 is 3.06 bits per heavy atom. The quantitative estimate of drug-likeness (QED) is 0.456. The third kappa shape index (κ3) is 2.50. The average Bonchev–Trinajstić information content (AvgIpc) is 2.80. The Labute approximate surface area is 100 Å². The van der Waals surface area contributed by atoms with Crippen LogP contribution in [0.25, 0.3) is 6.08 Å². The van der Waals surface area contributed by atoms with Gasteiger partial charge in [0.05, 0.1) is 0 Å². The van der Waals surface area contributed by atoms with Crippen molar-refractivity contribution in [2.24, 2.45) is 0 Å². The second-order valence-corrected chi connectivity index (χ2v) is 6.82. The fraction of sp³-hybridized carbons (Fsp3) is 0.467. The highest BCUT2D eigenvalue weighted by Gasteiger charge is 2.15. The van der Waals surface area contributed by atoms with Crippen molar-refractivity contribution >= 4 is 13.6 Å². The van der Waals surface area contributed by atoms with E-state index in [-0.39, 0.29) is 7.53 Å². The molecule has 0 radical (unpaired) electrons. The van der Waals surface area contributed by atoms with Crippen LogP contribution in [0.4, 0.5) is 0 Å². The molecule has 0 spiro atoms. The standard InChI is InChI=1S/C15H21P/c1-3-5-6-9-16-10-8-14-11-13(7-4-2)12-15(14)16/h4,8,10-11H,2-3,5-7,9,12H2,1H3. The highest BCUT2D eigenvalue weighted by molar-refractivity contribution is 7.49. The van der Waals surface area contributed by atoms with Crippen LogP contribution in [0.1, 0.15) is 43.5 Å². The monoisotopic (exact) mass is 232 g/mol. The first-order valence-electron chi connectivity index (χ1n) is 6.33. The summed E-state index contributed by atoms with van der Waals surface area (Å²) >= 11 is 0. The Morgan fingerprint density at radius 1 is 1.44 bits per heavy atom. The summed E-state index contributed by atoms with van der Waals surface area (Å²) in [6, 6.07) is 2.35. The summed E-state index contributed by atoms with van der Waals surface area (Å²) in [7, 11) is 0.0782. The topological polar surface area (TPSA) is 0 Å². The van der Waals surface area contributed by atoms with Crippen LogP contribution in [0, 0.1) is 0 Å². The van der Waals surface area contributed by atoms with Crippen molar-refractivity contribution in [2.75, 3.05) is 0 Å². The lowest BCUT2D eigenvalue weighted by molar-refractivity contribution is 0.753. The number of allylic oxidation sites excluding steroid dienone is 2. The minimum absolute atomic E-state index is 0.0782. The van der Waals surface area contributed by atoms with Crippen molar-refractivity contribution in [3.63, 3.8) is 0 Å². The summed E-state index contributed by atoms with van der Waals surface area (Å²) in [5.41, 5.74) is 3.09. The van der Waals surface area contributed by atoms with Gasteiger partial charge in [0.25, 0.3) is 0 Å². The maximum absolute atomic E-state index is 3.83. The van der Waals surface area contributed by atoms with Gasteiger partial charge in [-0.25, -0.2) is 0 Å². The Morgan fingerprint density at radius 2 is 2.31 bits per heavy atom. The summed E-state index contributed by atoms with van der Waals surface area (Å²) in [4.78, 5) is 0. The predicted octanol–water partition coefficient (Wildman–Crippen LogP) is 5.38. The number of hydrogen-bond donors (Lipinski definition) is 0. The molecule has 1 aromatic heterocycles. The zero-order valence-electron chi connectivity index (χ0n) is 10.2. The molecule has 1 heterocycles. The van der Waals surface area contributed by atoms with Crippen LogP contribution in [-0.4, -0.2) is 0 Å². The molecule has 1 unspecified atom stereocenters. The maximum Gasteiger partial charge on any atom is -0.00171 e. The zero-order chi connectivity index (χ0) is 11.4. The molecule has 0 nitrogen and oxygen atoms in total. The van der Waals surface area contributed by atoms with Gasteiger partial charge in [-0.15, -0.1) is 14.1 Å². The van der Waals surface area contributed by atoms with Crippen LogP contribution in [0.5, 0.6) is 0 Å². The average molecular weight is 232 g/mol. The summed E-state index contributed by atoms with van der Waals surface area (Å²) in [5, 5.41) is 1.74. The van der Waals surface area contributed by atoms with Gasteiger partial charge in [0.15, 0.2) is 0 Å². The Bertz CT molecular complexity index is 396. The van der Waals surface area contributed by atoms with E-state index in [9.17, 15) is 0 Å². The van der Waals surface area contributed by atoms with Crippen molar-refractivity contribution in [2.45, 2.75) is 45.2 Å². The molecule has 0 saturated heterocycles. The molecule has 0 aromatic carbocycles. The van der Waals surface area contributed by atoms with Gasteiger partial charge in [-0.05, 0) is 42.1 Å². The van der Waals surface area contributed by atoms with Crippen molar-refractivity contribution in [1.82, 2.24) is 0 Å². The zero-order valence-corrected chi connectivity index (χ0v) is 11.1. The van der Waals surface area contributed by atoms with E-state index in [1.54, 1.807) is 10.9 Å². The largest absolute Gasteiger partial charge is 0.121 e. The van der Waals surface area contributed by atoms with E-state index >= 15 is 0 Å². The molecule has 0 N–H and O–H groups in total. The molecule has 2 rings (SSSR count). The molecule has 1 aliphatic carbocycles. The van der Waals surface area contributed by atoms with Crippen LogP contribution < -0.4 is 0 Å². The van der Waals surface area contributed by atoms with E-state index in [1.807, 2.05) is 6.08 Å². The summed E-state index contributed by atoms with van der Waals surface area (Å²) in [6.45, 7) is 6.11. The number of hydrogen-bond acceptors (Lipinski definition) is 0. The van der Waals surface area contributed by atoms with Crippen LogP contribution >= 0.6 is 7.53 Å². The van der Waals surface area contributed by atoms with Gasteiger partial charge in [0.1, 0.15) is 0 Å². The smallest absolute Gasteiger partial charge is 0.00171 e. The summed E-state index contributed by atoms with van der Waals surface area (Å²) in [5.74, 6) is 2.47. The molecule has 0 amide bonds. The Balaban J connectivity index is 2.00. The summed E-state index contributed by atoms with van der Waals surface area (Å²) < 4.78 is 0. The molecular formula is C15H21P. The second-order valence-electron chi connectivity index (χ2n) is 4.59. The fourth-order valence-electron chi connectivity index (χ4n) is 2.40. The van der Waals surface area contributed by atoms with E-state index in [4.69, 9.17) is 0 Å². The summed E-state index contributed by atoms with van der Waals surface area (Å²) in [6.07, 6.45) is 12.2. The number of unbranched alkanes of at least 4 members (excludes halogenated alkanes) is 2. The third-order valence-electron chi connectivity index (χ3n) is 3.28. The lowest BCUT2D eigenvalue weighted by Gasteiger charge is -2.04. The van der Waals surface area contributed by atoms with Gasteiger partial charge in [-0.1, -0.05) is 43.6 Å². The van der Waals surface area contributed by atoms with Crippen molar-refractivity contribution in [1.29, 1.82) is 0 Å². The molecular weight excluding hydrogens is 211 g/mol. The molecule has 0 aliphatic heterocycles. The third-order valence-corrected chi connectivity index (χ3v) is 5.69. The highest BCUT2D eigenvalue weighted by atomic mass is 31.1. The minimum atomic E-state index is 0.0782. The molecule has 0 saturated carbocycles. The Kier molecular flexibility index (Phi) is 4.07. The Hall–Kier alpha value is -0.740. The number of fused-ring (bicyclic) bond motifs is 1. The number of aryl methyl sites for hydroxylation is 1. The van der Waals surface area contributed by atoms with E-state index < -0.39 is 0 Å². The van der Waals surface area contributed by atoms with Crippen molar-refractivity contribution in [3.8, 4) is 0 Å². The SMILES string of the molecule is C=CCC1=Cc2ccp(CCCCC)c2C1. The molecule has 0 fully saturated rings. The predicted molar refractivity (Wildman–Crippen MR) is 75.2 cm³/mol. The van der Waals surface area contributed by atoms with Gasteiger partial charge < -0.3 is 0 Å². The van der Waals surface area contributed by atoms with E-state index in [2.05, 4.69) is 31.4 Å². The second kappa shape index (κ2) is 5.55. The molecule has 1 atom stereocenters. The van der Waals surface area contributed by atoms with Gasteiger partial charge in [0.2, 0.25) is 0 Å². The minimum Gasteiger partial charge on any atom is -0.121 e. The lowest BCUT2D eigenvalue weighted by atomic mass is 10.2. The first kappa shape index (κ1) is 11.7. The van der Waals surface area contributed by atoms with Crippen LogP contribution in [0.3, 0.4) is 0 Å². The first-order chi connectivity index (χ1) is 7.85. The molecule has 1 aromatic rings. The maximum atomic E-state index is 3.83. The van der Waals surface area contributed by atoms with Gasteiger partial charge in [-0.3, -0.25) is 0 Å². The molecule has 0 bridgehead atoms. The molecule has 86 valence electrons. The fourth-order valence-corrected chi connectivity index (χ4v) is 4.78. The normalized spacial score (nSPS) is 14.8. The molecule has 1 aliphatic rings. The molecule has 1 heteroatoms. The van der Waals surface area contributed by atoms with Crippen LogP contribution in [0.2, 0.25) is 0 Å². The van der Waals surface area contributed by atoms with Crippen molar-refractivity contribution < 1.29 is 0 Å². The van der Waals surface area contributed by atoms with Crippen LogP contribution in [0.15, 0.2) is 30.1 Å². The highest BCUT2D eigenvalue weighted by Crippen LogP contribution is 2.45. The van der Waals surface area contributed by atoms with E-state index in [0.29, 0.717) is 0 Å². The van der Waals surface area contributed by atoms with E-state index in [1.165, 1.54) is 37.4 Å². The van der Waals surface area contributed by atoms with E-state index in [0.717, 1.165) is 6.42 Å². The van der Waals surface area contributed by atoms with Gasteiger partial charge in [0, 0.05) is 0 Å². The van der Waals surface area contributed by atoms with Crippen LogP contribution in [-0.2, 0) is 12.6 Å².